The first-order chi connectivity index (χ1) is 15.5. The van der Waals surface area contributed by atoms with Crippen LogP contribution in [0.1, 0.15) is 34.2 Å². The summed E-state index contributed by atoms with van der Waals surface area (Å²) in [5.41, 5.74) is 1.22. The van der Waals surface area contributed by atoms with E-state index in [4.69, 9.17) is 0 Å². The van der Waals surface area contributed by atoms with Crippen LogP contribution in [0.15, 0.2) is 44.9 Å². The van der Waals surface area contributed by atoms with Gasteiger partial charge < -0.3 is 9.47 Å². The number of fused-ring (bicyclic) bond motifs is 2. The van der Waals surface area contributed by atoms with Crippen LogP contribution in [-0.2, 0) is 31.9 Å². The number of hydrogen-bond acceptors (Lipinski definition) is 6. The van der Waals surface area contributed by atoms with Crippen LogP contribution in [0.5, 0.6) is 0 Å². The highest BCUT2D eigenvalue weighted by Crippen LogP contribution is 2.39. The van der Waals surface area contributed by atoms with Crippen LogP contribution < -0.4 is 11.2 Å². The molecule has 0 unspecified atom stereocenters. The van der Waals surface area contributed by atoms with Gasteiger partial charge in [-0.15, -0.1) is 22.7 Å². The van der Waals surface area contributed by atoms with Crippen molar-refractivity contribution in [2.45, 2.75) is 31.8 Å². The van der Waals surface area contributed by atoms with E-state index in [9.17, 15) is 14.4 Å². The quantitative estimate of drug-likeness (QED) is 0.450. The van der Waals surface area contributed by atoms with E-state index in [2.05, 4.69) is 27.9 Å². The monoisotopic (exact) mass is 469 g/mol. The average Bonchev–Trinajstić information content (AvgIpc) is 3.56. The molecule has 4 aromatic heterocycles. The van der Waals surface area contributed by atoms with Crippen LogP contribution >= 0.6 is 22.7 Å². The second-order valence-electron chi connectivity index (χ2n) is 7.97. The summed E-state index contributed by atoms with van der Waals surface area (Å²) in [6.45, 7) is 1.20. The Balaban J connectivity index is 1.35. The Hall–Kier alpha value is -2.98. The summed E-state index contributed by atoms with van der Waals surface area (Å²) in [5, 5.41) is 4.16. The first kappa shape index (κ1) is 20.9. The highest BCUT2D eigenvalue weighted by atomic mass is 32.1. The summed E-state index contributed by atoms with van der Waals surface area (Å²) in [4.78, 5) is 46.8. The molecule has 1 amide bonds. The van der Waals surface area contributed by atoms with Gasteiger partial charge in [0.2, 0.25) is 5.91 Å². The Bertz CT molecular complexity index is 1410. The van der Waals surface area contributed by atoms with Gasteiger partial charge in [-0.2, -0.15) is 0 Å². The smallest absolute Gasteiger partial charge is 0.330 e. The lowest BCUT2D eigenvalue weighted by Gasteiger charge is -2.35. The summed E-state index contributed by atoms with van der Waals surface area (Å²) < 4.78 is 4.20. The zero-order valence-corrected chi connectivity index (χ0v) is 19.5. The minimum atomic E-state index is -0.402. The minimum absolute atomic E-state index is 0.0200. The van der Waals surface area contributed by atoms with Crippen LogP contribution in [0.3, 0.4) is 0 Å². The molecular formula is C22H23N5O3S2. The molecule has 4 aromatic rings. The van der Waals surface area contributed by atoms with E-state index in [1.165, 1.54) is 26.9 Å². The van der Waals surface area contributed by atoms with Gasteiger partial charge in [0, 0.05) is 43.4 Å². The van der Waals surface area contributed by atoms with Crippen LogP contribution in [0.25, 0.3) is 11.2 Å². The first-order valence-electron chi connectivity index (χ1n) is 10.5. The standard InChI is InChI=1S/C22H23N5O3S2/c1-24-20-19(21(29)25(2)22(24)30)26(13-23-20)9-3-6-17(28)27-10-7-15-14(8-12-32-15)18(27)16-5-4-11-31-16/h4-5,8,11-13,18H,3,6-7,9-10H2,1-2H3/t18-/m1/s1. The van der Waals surface area contributed by atoms with Gasteiger partial charge in [0.25, 0.3) is 5.56 Å². The third-order valence-corrected chi connectivity index (χ3v) is 8.03. The molecule has 8 nitrogen and oxygen atoms in total. The molecule has 0 radical (unpaired) electrons. The van der Waals surface area contributed by atoms with Crippen molar-refractivity contribution in [2.75, 3.05) is 6.54 Å². The number of rotatable bonds is 5. The van der Waals surface area contributed by atoms with E-state index >= 15 is 0 Å². The highest BCUT2D eigenvalue weighted by Gasteiger charge is 2.33. The van der Waals surface area contributed by atoms with Crippen LogP contribution in [0.4, 0.5) is 0 Å². The van der Waals surface area contributed by atoms with E-state index in [1.54, 1.807) is 40.6 Å². The topological polar surface area (TPSA) is 82.1 Å². The lowest BCUT2D eigenvalue weighted by molar-refractivity contribution is -0.133. The van der Waals surface area contributed by atoms with Crippen molar-refractivity contribution in [1.29, 1.82) is 0 Å². The van der Waals surface area contributed by atoms with Gasteiger partial charge in [0.15, 0.2) is 11.2 Å². The molecule has 1 atom stereocenters. The zero-order valence-electron chi connectivity index (χ0n) is 17.9. The molecule has 0 saturated heterocycles. The predicted octanol–water partition coefficient (Wildman–Crippen LogP) is 2.51. The molecule has 0 fully saturated rings. The molecular weight excluding hydrogens is 446 g/mol. The molecule has 0 spiro atoms. The van der Waals surface area contributed by atoms with Gasteiger partial charge in [-0.1, -0.05) is 6.07 Å². The fourth-order valence-electron chi connectivity index (χ4n) is 4.45. The van der Waals surface area contributed by atoms with Crippen LogP contribution in [0.2, 0.25) is 0 Å². The number of nitrogens with zero attached hydrogens (tertiary/aromatic N) is 5. The van der Waals surface area contributed by atoms with E-state index < -0.39 is 5.69 Å². The summed E-state index contributed by atoms with van der Waals surface area (Å²) in [6.07, 6.45) is 3.42. The fourth-order valence-corrected chi connectivity index (χ4v) is 6.21. The van der Waals surface area contributed by atoms with Crippen molar-refractivity contribution in [3.63, 3.8) is 0 Å². The van der Waals surface area contributed by atoms with Gasteiger partial charge in [0.1, 0.15) is 0 Å². The van der Waals surface area contributed by atoms with Crippen molar-refractivity contribution in [3.05, 3.63) is 71.4 Å². The molecule has 0 aliphatic carbocycles. The Labute approximate surface area is 192 Å². The van der Waals surface area contributed by atoms with Gasteiger partial charge >= 0.3 is 5.69 Å². The number of thiophene rings is 2. The maximum atomic E-state index is 13.2. The largest absolute Gasteiger partial charge is 0.332 e. The summed E-state index contributed by atoms with van der Waals surface area (Å²) >= 11 is 3.44. The molecule has 166 valence electrons. The normalized spacial score (nSPS) is 15.9. The van der Waals surface area contributed by atoms with E-state index in [1.807, 2.05) is 11.0 Å². The molecule has 0 aromatic carbocycles. The Morgan fingerprint density at radius 2 is 2.00 bits per heavy atom. The van der Waals surface area contributed by atoms with Crippen molar-refractivity contribution >= 4 is 39.7 Å². The van der Waals surface area contributed by atoms with Crippen molar-refractivity contribution < 1.29 is 4.79 Å². The van der Waals surface area contributed by atoms with Crippen LogP contribution in [0, 0.1) is 0 Å². The molecule has 1 aliphatic heterocycles. The third-order valence-electron chi connectivity index (χ3n) is 6.11. The molecule has 10 heteroatoms. The minimum Gasteiger partial charge on any atom is -0.330 e. The third kappa shape index (κ3) is 3.34. The SMILES string of the molecule is Cn1c(=O)c2c(ncn2CCCC(=O)N2CCc3sccc3[C@@H]2c2cccs2)n(C)c1=O. The molecule has 0 N–H and O–H groups in total. The maximum absolute atomic E-state index is 13.2. The summed E-state index contributed by atoms with van der Waals surface area (Å²) in [5.74, 6) is 0.116. The van der Waals surface area contributed by atoms with Crippen LogP contribution in [-0.4, -0.2) is 36.0 Å². The number of aromatic nitrogens is 4. The number of hydrogen-bond donors (Lipinski definition) is 0. The predicted molar refractivity (Wildman–Crippen MR) is 125 cm³/mol. The summed E-state index contributed by atoms with van der Waals surface area (Å²) in [6, 6.07) is 6.25. The Morgan fingerprint density at radius 1 is 1.16 bits per heavy atom. The van der Waals surface area contributed by atoms with Crippen molar-refractivity contribution in [3.8, 4) is 0 Å². The number of aryl methyl sites for hydroxylation is 2. The Morgan fingerprint density at radius 3 is 2.78 bits per heavy atom. The maximum Gasteiger partial charge on any atom is 0.332 e. The average molecular weight is 470 g/mol. The van der Waals surface area contributed by atoms with E-state index in [0.29, 0.717) is 37.1 Å². The first-order valence-corrected chi connectivity index (χ1v) is 12.2. The fraction of sp³-hybridized carbons (Fsp3) is 0.364. The molecule has 1 aliphatic rings. The number of amides is 1. The zero-order chi connectivity index (χ0) is 22.4. The van der Waals surface area contributed by atoms with Crippen molar-refractivity contribution in [1.82, 2.24) is 23.6 Å². The number of imidazole rings is 1. The Kier molecular flexibility index (Phi) is 5.34. The number of carbonyl (C=O) groups is 1. The lowest BCUT2D eigenvalue weighted by atomic mass is 9.98. The summed E-state index contributed by atoms with van der Waals surface area (Å²) in [7, 11) is 3.06. The molecule has 5 rings (SSSR count). The molecule has 0 bridgehead atoms. The second-order valence-corrected chi connectivity index (χ2v) is 9.95. The van der Waals surface area contributed by atoms with E-state index in [-0.39, 0.29) is 17.5 Å². The van der Waals surface area contributed by atoms with Gasteiger partial charge in [0.05, 0.1) is 12.4 Å². The lowest BCUT2D eigenvalue weighted by Crippen LogP contribution is -2.39. The second kappa shape index (κ2) is 8.18. The van der Waals surface area contributed by atoms with E-state index in [0.717, 1.165) is 11.0 Å². The van der Waals surface area contributed by atoms with Gasteiger partial charge in [-0.25, -0.2) is 9.78 Å². The number of carbonyl (C=O) groups excluding carboxylic acids is 1. The molecule has 32 heavy (non-hydrogen) atoms. The van der Waals surface area contributed by atoms with Gasteiger partial charge in [-0.3, -0.25) is 18.7 Å². The molecule has 0 saturated carbocycles. The molecule has 5 heterocycles. The highest BCUT2D eigenvalue weighted by molar-refractivity contribution is 7.10. The van der Waals surface area contributed by atoms with Gasteiger partial charge in [-0.05, 0) is 41.3 Å². The van der Waals surface area contributed by atoms with Crippen molar-refractivity contribution in [2.24, 2.45) is 14.1 Å².